The van der Waals surface area contributed by atoms with E-state index in [0.29, 0.717) is 6.54 Å². The van der Waals surface area contributed by atoms with Gasteiger partial charge in [-0.15, -0.1) is 0 Å². The standard InChI is InChI=1S/C22H22N2O3/c1-27-22(26)18-12-15-6-2-3-8-17(15)19(21(18)25)14-24-11-5-9-20(24)16-7-4-10-23-13-16/h2-4,6-8,10,12-13,20,25H,5,9,11,14H2,1H3. The summed E-state index contributed by atoms with van der Waals surface area (Å²) in [5.41, 5.74) is 2.16. The third-order valence-electron chi connectivity index (χ3n) is 5.33. The summed E-state index contributed by atoms with van der Waals surface area (Å²) in [6.45, 7) is 1.51. The first-order chi connectivity index (χ1) is 13.2. The van der Waals surface area contributed by atoms with E-state index in [2.05, 4.69) is 16.0 Å². The number of phenols is 1. The summed E-state index contributed by atoms with van der Waals surface area (Å²) >= 11 is 0. The second kappa shape index (κ2) is 7.37. The van der Waals surface area contributed by atoms with E-state index in [1.54, 1.807) is 12.3 Å². The average molecular weight is 362 g/mol. The van der Waals surface area contributed by atoms with Crippen molar-refractivity contribution in [3.05, 3.63) is 71.5 Å². The Morgan fingerprint density at radius 2 is 2.15 bits per heavy atom. The molecule has 1 fully saturated rings. The second-order valence-corrected chi connectivity index (χ2v) is 6.88. The van der Waals surface area contributed by atoms with E-state index < -0.39 is 5.97 Å². The fourth-order valence-electron chi connectivity index (χ4n) is 4.01. The number of rotatable bonds is 4. The van der Waals surface area contributed by atoms with Gasteiger partial charge < -0.3 is 9.84 Å². The summed E-state index contributed by atoms with van der Waals surface area (Å²) in [6, 6.07) is 13.8. The zero-order valence-electron chi connectivity index (χ0n) is 15.3. The van der Waals surface area contributed by atoms with Crippen LogP contribution in [-0.4, -0.2) is 34.6 Å². The molecule has 27 heavy (non-hydrogen) atoms. The molecule has 0 saturated carbocycles. The van der Waals surface area contributed by atoms with Crippen LogP contribution in [0.25, 0.3) is 10.8 Å². The zero-order chi connectivity index (χ0) is 18.8. The van der Waals surface area contributed by atoms with Crippen LogP contribution in [0.5, 0.6) is 5.75 Å². The largest absolute Gasteiger partial charge is 0.507 e. The third-order valence-corrected chi connectivity index (χ3v) is 5.33. The van der Waals surface area contributed by atoms with Crippen molar-refractivity contribution in [3.63, 3.8) is 0 Å². The Labute approximate surface area is 158 Å². The number of carbonyl (C=O) groups is 1. The van der Waals surface area contributed by atoms with Gasteiger partial charge >= 0.3 is 5.97 Å². The van der Waals surface area contributed by atoms with E-state index >= 15 is 0 Å². The summed E-state index contributed by atoms with van der Waals surface area (Å²) < 4.78 is 4.86. The Morgan fingerprint density at radius 3 is 2.93 bits per heavy atom. The van der Waals surface area contributed by atoms with E-state index in [-0.39, 0.29) is 17.4 Å². The van der Waals surface area contributed by atoms with Gasteiger partial charge in [-0.25, -0.2) is 4.79 Å². The number of methoxy groups -OCH3 is 1. The molecule has 2 aromatic carbocycles. The number of aromatic nitrogens is 1. The molecule has 4 rings (SSSR count). The number of hydrogen-bond donors (Lipinski definition) is 1. The minimum absolute atomic E-state index is 0.0115. The molecular weight excluding hydrogens is 340 g/mol. The van der Waals surface area contributed by atoms with Gasteiger partial charge in [0.1, 0.15) is 11.3 Å². The minimum Gasteiger partial charge on any atom is -0.507 e. The summed E-state index contributed by atoms with van der Waals surface area (Å²) in [4.78, 5) is 18.7. The van der Waals surface area contributed by atoms with Gasteiger partial charge in [-0.2, -0.15) is 0 Å². The molecule has 1 aliphatic rings. The summed E-state index contributed by atoms with van der Waals surface area (Å²) in [6.07, 6.45) is 5.84. The molecule has 5 heteroatoms. The maximum Gasteiger partial charge on any atom is 0.341 e. The Balaban J connectivity index is 1.77. The van der Waals surface area contributed by atoms with Crippen molar-refractivity contribution in [2.45, 2.75) is 25.4 Å². The molecule has 1 unspecified atom stereocenters. The van der Waals surface area contributed by atoms with Crippen LogP contribution in [0.3, 0.4) is 0 Å². The molecular formula is C22H22N2O3. The van der Waals surface area contributed by atoms with Gasteiger partial charge in [0.25, 0.3) is 0 Å². The van der Waals surface area contributed by atoms with Crippen molar-refractivity contribution in [2.24, 2.45) is 0 Å². The number of ether oxygens (including phenoxy) is 1. The number of esters is 1. The predicted octanol–water partition coefficient (Wildman–Crippen LogP) is 4.06. The lowest BCUT2D eigenvalue weighted by Gasteiger charge is -2.26. The van der Waals surface area contributed by atoms with E-state index in [9.17, 15) is 9.90 Å². The lowest BCUT2D eigenvalue weighted by molar-refractivity contribution is 0.0597. The van der Waals surface area contributed by atoms with Gasteiger partial charge in [0.2, 0.25) is 0 Å². The first-order valence-corrected chi connectivity index (χ1v) is 9.15. The molecule has 0 radical (unpaired) electrons. The molecule has 1 atom stereocenters. The summed E-state index contributed by atoms with van der Waals surface area (Å²) in [7, 11) is 1.33. The molecule has 0 aliphatic carbocycles. The van der Waals surface area contributed by atoms with Gasteiger partial charge in [0.15, 0.2) is 0 Å². The third kappa shape index (κ3) is 3.26. The number of pyridine rings is 1. The van der Waals surface area contributed by atoms with E-state index in [1.807, 2.05) is 36.5 Å². The Bertz CT molecular complexity index is 972. The van der Waals surface area contributed by atoms with Crippen LogP contribution in [0.4, 0.5) is 0 Å². The van der Waals surface area contributed by atoms with Gasteiger partial charge in [0, 0.05) is 30.5 Å². The predicted molar refractivity (Wildman–Crippen MR) is 104 cm³/mol. The molecule has 0 bridgehead atoms. The number of hydrogen-bond acceptors (Lipinski definition) is 5. The highest BCUT2D eigenvalue weighted by Gasteiger charge is 2.28. The smallest absolute Gasteiger partial charge is 0.341 e. The van der Waals surface area contributed by atoms with Gasteiger partial charge in [0.05, 0.1) is 7.11 Å². The number of carbonyl (C=O) groups excluding carboxylic acids is 1. The highest BCUT2D eigenvalue weighted by atomic mass is 16.5. The van der Waals surface area contributed by atoms with Crippen molar-refractivity contribution >= 4 is 16.7 Å². The lowest BCUT2D eigenvalue weighted by Crippen LogP contribution is -2.23. The van der Waals surface area contributed by atoms with Crippen LogP contribution >= 0.6 is 0 Å². The van der Waals surface area contributed by atoms with Crippen LogP contribution in [0.15, 0.2) is 54.9 Å². The van der Waals surface area contributed by atoms with E-state index in [1.165, 1.54) is 12.7 Å². The van der Waals surface area contributed by atoms with E-state index in [0.717, 1.165) is 35.7 Å². The number of benzene rings is 2. The number of nitrogens with zero attached hydrogens (tertiary/aromatic N) is 2. The molecule has 1 aliphatic heterocycles. The van der Waals surface area contributed by atoms with Crippen molar-refractivity contribution in [2.75, 3.05) is 13.7 Å². The highest BCUT2D eigenvalue weighted by Crippen LogP contribution is 2.38. The monoisotopic (exact) mass is 362 g/mol. The first-order valence-electron chi connectivity index (χ1n) is 9.15. The molecule has 2 heterocycles. The fraction of sp³-hybridized carbons (Fsp3) is 0.273. The first kappa shape index (κ1) is 17.5. The Kier molecular flexibility index (Phi) is 4.77. The van der Waals surface area contributed by atoms with Crippen LogP contribution < -0.4 is 0 Å². The second-order valence-electron chi connectivity index (χ2n) is 6.88. The Morgan fingerprint density at radius 1 is 1.30 bits per heavy atom. The summed E-state index contributed by atoms with van der Waals surface area (Å²) in [5, 5.41) is 12.7. The van der Waals surface area contributed by atoms with Crippen molar-refractivity contribution in [1.29, 1.82) is 0 Å². The number of phenolic OH excluding ortho intramolecular Hbond substituents is 1. The Hall–Kier alpha value is -2.92. The van der Waals surface area contributed by atoms with Gasteiger partial charge in [-0.1, -0.05) is 30.3 Å². The molecule has 5 nitrogen and oxygen atoms in total. The van der Waals surface area contributed by atoms with Crippen LogP contribution in [0, 0.1) is 0 Å². The lowest BCUT2D eigenvalue weighted by atomic mass is 9.98. The molecule has 0 amide bonds. The van der Waals surface area contributed by atoms with Crippen molar-refractivity contribution in [1.82, 2.24) is 9.88 Å². The number of aromatic hydroxyl groups is 1. The maximum absolute atomic E-state index is 12.1. The van der Waals surface area contributed by atoms with Gasteiger partial charge in [-0.05, 0) is 47.9 Å². The highest BCUT2D eigenvalue weighted by molar-refractivity contribution is 6.00. The summed E-state index contributed by atoms with van der Waals surface area (Å²) in [5.74, 6) is -0.512. The SMILES string of the molecule is COC(=O)c1cc2ccccc2c(CN2CCCC2c2cccnc2)c1O. The molecule has 1 N–H and O–H groups in total. The van der Waals surface area contributed by atoms with Crippen molar-refractivity contribution < 1.29 is 14.6 Å². The minimum atomic E-state index is -0.523. The number of fused-ring (bicyclic) bond motifs is 1. The maximum atomic E-state index is 12.1. The van der Waals surface area contributed by atoms with Gasteiger partial charge in [-0.3, -0.25) is 9.88 Å². The van der Waals surface area contributed by atoms with E-state index in [4.69, 9.17) is 4.74 Å². The molecule has 1 saturated heterocycles. The molecule has 138 valence electrons. The van der Waals surface area contributed by atoms with Crippen LogP contribution in [0.2, 0.25) is 0 Å². The molecule has 0 spiro atoms. The van der Waals surface area contributed by atoms with Crippen LogP contribution in [-0.2, 0) is 11.3 Å². The number of likely N-dealkylation sites (tertiary alicyclic amines) is 1. The average Bonchev–Trinajstić information content (AvgIpc) is 3.18. The van der Waals surface area contributed by atoms with Crippen molar-refractivity contribution in [3.8, 4) is 5.75 Å². The topological polar surface area (TPSA) is 62.7 Å². The zero-order valence-corrected chi connectivity index (χ0v) is 15.3. The normalized spacial score (nSPS) is 17.3. The molecule has 3 aromatic rings. The van der Waals surface area contributed by atoms with Crippen LogP contribution in [0.1, 0.15) is 40.4 Å². The molecule has 1 aromatic heterocycles. The fourth-order valence-corrected chi connectivity index (χ4v) is 4.01. The quantitative estimate of drug-likeness (QED) is 0.709.